The van der Waals surface area contributed by atoms with E-state index in [0.717, 1.165) is 0 Å². The smallest absolute Gasteiger partial charge is 0.259 e. The lowest BCUT2D eigenvalue weighted by atomic mass is 10.2. The molecule has 0 saturated heterocycles. The molecule has 0 fully saturated rings. The second-order valence-corrected chi connectivity index (χ2v) is 7.09. The minimum atomic E-state index is -0.492. The number of hydrazone groups is 1. The van der Waals surface area contributed by atoms with E-state index >= 15 is 0 Å². The van der Waals surface area contributed by atoms with Crippen LogP contribution in [0.2, 0.25) is 15.1 Å². The van der Waals surface area contributed by atoms with Crippen LogP contribution >= 0.6 is 34.8 Å². The SMILES string of the molecule is O=C(CNC(=O)c1ccc(Cl)cc1)N/N=C/c1ccc(-c2cc(Cl)ccc2Cl)o1. The Bertz CT molecular complexity index is 1060. The third-order valence-electron chi connectivity index (χ3n) is 3.72. The molecular weight excluding hydrogens is 437 g/mol. The lowest BCUT2D eigenvalue weighted by Crippen LogP contribution is -2.34. The normalized spacial score (nSPS) is 10.9. The molecule has 0 spiro atoms. The number of hydrogen-bond acceptors (Lipinski definition) is 4. The molecule has 0 unspecified atom stereocenters. The van der Waals surface area contributed by atoms with Gasteiger partial charge in [-0.05, 0) is 54.6 Å². The fraction of sp³-hybridized carbons (Fsp3) is 0.0500. The monoisotopic (exact) mass is 449 g/mol. The molecule has 6 nitrogen and oxygen atoms in total. The number of nitrogens with zero attached hydrogens (tertiary/aromatic N) is 1. The van der Waals surface area contributed by atoms with E-state index in [1.165, 1.54) is 6.21 Å². The van der Waals surface area contributed by atoms with Crippen molar-refractivity contribution in [1.29, 1.82) is 0 Å². The standard InChI is InChI=1S/C20H14Cl3N3O3/c21-13-3-1-12(2-4-13)20(28)24-11-19(27)26-25-10-15-6-8-18(29-15)16-9-14(22)5-7-17(16)23/h1-10H,11H2,(H,24,28)(H,26,27)/b25-10+. The summed E-state index contributed by atoms with van der Waals surface area (Å²) in [6.07, 6.45) is 1.33. The third kappa shape index (κ3) is 5.84. The summed E-state index contributed by atoms with van der Waals surface area (Å²) in [6, 6.07) is 14.7. The molecule has 2 N–H and O–H groups in total. The molecule has 0 bridgehead atoms. The van der Waals surface area contributed by atoms with E-state index in [1.54, 1.807) is 54.6 Å². The highest BCUT2D eigenvalue weighted by Crippen LogP contribution is 2.31. The molecule has 9 heteroatoms. The second kappa shape index (κ2) is 9.60. The topological polar surface area (TPSA) is 83.7 Å². The molecule has 3 rings (SSSR count). The van der Waals surface area contributed by atoms with Gasteiger partial charge in [0.25, 0.3) is 11.8 Å². The van der Waals surface area contributed by atoms with E-state index in [4.69, 9.17) is 39.2 Å². The molecule has 0 radical (unpaired) electrons. The molecular formula is C20H14Cl3N3O3. The Morgan fingerprint density at radius 1 is 0.966 bits per heavy atom. The molecule has 3 aromatic rings. The number of carbonyl (C=O) groups is 2. The first-order valence-electron chi connectivity index (χ1n) is 8.33. The number of nitrogens with one attached hydrogen (secondary N) is 2. The number of carbonyl (C=O) groups excluding carboxylic acids is 2. The minimum absolute atomic E-state index is 0.236. The maximum Gasteiger partial charge on any atom is 0.259 e. The van der Waals surface area contributed by atoms with E-state index in [-0.39, 0.29) is 6.54 Å². The Labute approximate surface area is 181 Å². The van der Waals surface area contributed by atoms with Gasteiger partial charge in [-0.15, -0.1) is 0 Å². The lowest BCUT2D eigenvalue weighted by molar-refractivity contribution is -0.120. The van der Waals surface area contributed by atoms with E-state index in [1.807, 2.05) is 0 Å². The van der Waals surface area contributed by atoms with Crippen molar-refractivity contribution in [2.24, 2.45) is 5.10 Å². The van der Waals surface area contributed by atoms with Crippen LogP contribution in [0.25, 0.3) is 11.3 Å². The number of halogens is 3. The van der Waals surface area contributed by atoms with Crippen molar-refractivity contribution in [3.63, 3.8) is 0 Å². The third-order valence-corrected chi connectivity index (χ3v) is 4.53. The molecule has 0 aliphatic rings. The van der Waals surface area contributed by atoms with Gasteiger partial charge in [-0.3, -0.25) is 9.59 Å². The fourth-order valence-corrected chi connectivity index (χ4v) is 2.83. The molecule has 0 saturated carbocycles. The predicted molar refractivity (Wildman–Crippen MR) is 114 cm³/mol. The van der Waals surface area contributed by atoms with Crippen LogP contribution < -0.4 is 10.7 Å². The van der Waals surface area contributed by atoms with Gasteiger partial charge in [0.05, 0.1) is 17.8 Å². The lowest BCUT2D eigenvalue weighted by Gasteiger charge is -2.04. The number of amides is 2. The van der Waals surface area contributed by atoms with Gasteiger partial charge in [-0.25, -0.2) is 5.43 Å². The molecule has 29 heavy (non-hydrogen) atoms. The first-order valence-corrected chi connectivity index (χ1v) is 9.47. The van der Waals surface area contributed by atoms with Gasteiger partial charge < -0.3 is 9.73 Å². The van der Waals surface area contributed by atoms with Crippen molar-refractivity contribution in [2.45, 2.75) is 0 Å². The van der Waals surface area contributed by atoms with Crippen LogP contribution in [-0.4, -0.2) is 24.6 Å². The van der Waals surface area contributed by atoms with Gasteiger partial charge in [0.1, 0.15) is 11.5 Å². The van der Waals surface area contributed by atoms with Gasteiger partial charge in [-0.2, -0.15) is 5.10 Å². The molecule has 0 aliphatic heterocycles. The summed E-state index contributed by atoms with van der Waals surface area (Å²) in [4.78, 5) is 23.7. The van der Waals surface area contributed by atoms with Gasteiger partial charge in [0, 0.05) is 21.2 Å². The zero-order valence-electron chi connectivity index (χ0n) is 14.8. The first kappa shape index (κ1) is 20.9. The highest BCUT2D eigenvalue weighted by molar-refractivity contribution is 6.35. The van der Waals surface area contributed by atoms with Crippen molar-refractivity contribution in [2.75, 3.05) is 6.54 Å². The quantitative estimate of drug-likeness (QED) is 0.418. The summed E-state index contributed by atoms with van der Waals surface area (Å²) in [6.45, 7) is -0.236. The summed E-state index contributed by atoms with van der Waals surface area (Å²) >= 11 is 17.9. The van der Waals surface area contributed by atoms with Crippen molar-refractivity contribution in [3.8, 4) is 11.3 Å². The van der Waals surface area contributed by atoms with E-state index < -0.39 is 11.8 Å². The van der Waals surface area contributed by atoms with Crippen LogP contribution in [0, 0.1) is 0 Å². The molecule has 2 amide bonds. The summed E-state index contributed by atoms with van der Waals surface area (Å²) in [7, 11) is 0. The van der Waals surface area contributed by atoms with Gasteiger partial charge in [0.15, 0.2) is 0 Å². The molecule has 148 valence electrons. The fourth-order valence-electron chi connectivity index (χ4n) is 2.32. The van der Waals surface area contributed by atoms with Crippen LogP contribution in [0.3, 0.4) is 0 Å². The van der Waals surface area contributed by atoms with E-state index in [0.29, 0.717) is 37.7 Å². The predicted octanol–water partition coefficient (Wildman–Crippen LogP) is 4.79. The molecule has 1 aromatic heterocycles. The summed E-state index contributed by atoms with van der Waals surface area (Å²) in [5, 5.41) is 7.84. The number of benzene rings is 2. The van der Waals surface area contributed by atoms with Crippen LogP contribution in [0.4, 0.5) is 0 Å². The number of furan rings is 1. The highest BCUT2D eigenvalue weighted by Gasteiger charge is 2.10. The Kier molecular flexibility index (Phi) is 6.93. The van der Waals surface area contributed by atoms with Crippen LogP contribution in [0.15, 0.2) is 64.1 Å². The van der Waals surface area contributed by atoms with Gasteiger partial charge in [0.2, 0.25) is 0 Å². The first-order chi connectivity index (χ1) is 13.9. The van der Waals surface area contributed by atoms with Crippen LogP contribution in [0.1, 0.15) is 16.1 Å². The highest BCUT2D eigenvalue weighted by atomic mass is 35.5. The second-order valence-electron chi connectivity index (χ2n) is 5.81. The molecule has 0 aliphatic carbocycles. The average molecular weight is 451 g/mol. The van der Waals surface area contributed by atoms with Crippen molar-refractivity contribution in [1.82, 2.24) is 10.7 Å². The van der Waals surface area contributed by atoms with Crippen molar-refractivity contribution in [3.05, 3.63) is 81.0 Å². The Morgan fingerprint density at radius 2 is 1.69 bits per heavy atom. The summed E-state index contributed by atoms with van der Waals surface area (Å²) in [5.41, 5.74) is 3.35. The largest absolute Gasteiger partial charge is 0.455 e. The molecule has 1 heterocycles. The van der Waals surface area contributed by atoms with Crippen LogP contribution in [0.5, 0.6) is 0 Å². The maximum atomic E-state index is 11.9. The maximum absolute atomic E-state index is 11.9. The number of rotatable bonds is 6. The Morgan fingerprint density at radius 3 is 2.45 bits per heavy atom. The van der Waals surface area contributed by atoms with Crippen molar-refractivity contribution >= 4 is 52.8 Å². The zero-order valence-corrected chi connectivity index (χ0v) is 17.1. The summed E-state index contributed by atoms with van der Waals surface area (Å²) in [5.74, 6) is 0.0325. The van der Waals surface area contributed by atoms with E-state index in [2.05, 4.69) is 15.8 Å². The molecule has 2 aromatic carbocycles. The van der Waals surface area contributed by atoms with Crippen LogP contribution in [-0.2, 0) is 4.79 Å². The Hall–Kier alpha value is -2.80. The minimum Gasteiger partial charge on any atom is -0.455 e. The molecule has 0 atom stereocenters. The summed E-state index contributed by atoms with van der Waals surface area (Å²) < 4.78 is 5.63. The van der Waals surface area contributed by atoms with Gasteiger partial charge in [-0.1, -0.05) is 34.8 Å². The average Bonchev–Trinajstić information content (AvgIpc) is 3.17. The van der Waals surface area contributed by atoms with E-state index in [9.17, 15) is 9.59 Å². The van der Waals surface area contributed by atoms with Crippen molar-refractivity contribution < 1.29 is 14.0 Å². The Balaban J connectivity index is 1.51. The zero-order chi connectivity index (χ0) is 20.8. The number of hydrogen-bond donors (Lipinski definition) is 2. The van der Waals surface area contributed by atoms with Gasteiger partial charge >= 0.3 is 0 Å².